The van der Waals surface area contributed by atoms with Gasteiger partial charge in [0, 0.05) is 32.1 Å². The number of likely N-dealkylation sites (N-methyl/N-ethyl adjacent to an activating group) is 1. The van der Waals surface area contributed by atoms with Crippen molar-refractivity contribution in [1.82, 2.24) is 9.80 Å². The third kappa shape index (κ3) is 3.82. The lowest BCUT2D eigenvalue weighted by molar-refractivity contribution is -0.136. The summed E-state index contributed by atoms with van der Waals surface area (Å²) in [6.45, 7) is 8.10. The largest absolute Gasteiger partial charge is 0.340 e. The van der Waals surface area contributed by atoms with Gasteiger partial charge >= 0.3 is 0 Å². The predicted octanol–water partition coefficient (Wildman–Crippen LogP) is 1.59. The molecule has 0 saturated carbocycles. The van der Waals surface area contributed by atoms with E-state index < -0.39 is 0 Å². The Bertz CT molecular complexity index is 198. The number of rotatable bonds is 4. The van der Waals surface area contributed by atoms with Crippen LogP contribution in [0.5, 0.6) is 0 Å². The monoisotopic (exact) mass is 212 g/mol. The Balaban J connectivity index is 2.32. The van der Waals surface area contributed by atoms with E-state index in [1.165, 1.54) is 12.8 Å². The molecule has 0 aromatic rings. The summed E-state index contributed by atoms with van der Waals surface area (Å²) in [6, 6.07) is 0. The number of carbonyl (C=O) groups excluding carboxylic acids is 1. The molecule has 1 aliphatic heterocycles. The van der Waals surface area contributed by atoms with Gasteiger partial charge in [-0.05, 0) is 13.5 Å². The summed E-state index contributed by atoms with van der Waals surface area (Å²) in [6.07, 6.45) is 3.39. The molecular formula is C12H24N2O. The Morgan fingerprint density at radius 3 is 2.40 bits per heavy atom. The second-order valence-corrected chi connectivity index (χ2v) is 4.67. The average molecular weight is 212 g/mol. The third-order valence-corrected chi connectivity index (χ3v) is 3.23. The number of unbranched alkanes of at least 4 members (excludes halogenated alkanes) is 1. The van der Waals surface area contributed by atoms with Crippen molar-refractivity contribution in [3.05, 3.63) is 0 Å². The fraction of sp³-hybridized carbons (Fsp3) is 0.917. The highest BCUT2D eigenvalue weighted by Crippen LogP contribution is 2.12. The first-order chi connectivity index (χ1) is 7.15. The first kappa shape index (κ1) is 12.5. The molecule has 0 aromatic carbocycles. The molecule has 0 radical (unpaired) electrons. The second-order valence-electron chi connectivity index (χ2n) is 4.67. The highest BCUT2D eigenvalue weighted by atomic mass is 16.2. The molecule has 0 N–H and O–H groups in total. The molecule has 1 fully saturated rings. The highest BCUT2D eigenvalue weighted by Gasteiger charge is 2.22. The molecule has 1 saturated heterocycles. The maximum absolute atomic E-state index is 12.0. The maximum atomic E-state index is 12.0. The first-order valence-corrected chi connectivity index (χ1v) is 6.12. The van der Waals surface area contributed by atoms with E-state index in [4.69, 9.17) is 0 Å². The Labute approximate surface area is 93.4 Å². The Morgan fingerprint density at radius 2 is 1.87 bits per heavy atom. The van der Waals surface area contributed by atoms with Gasteiger partial charge in [0.25, 0.3) is 0 Å². The van der Waals surface area contributed by atoms with Crippen molar-refractivity contribution in [2.24, 2.45) is 5.92 Å². The maximum Gasteiger partial charge on any atom is 0.225 e. The summed E-state index contributed by atoms with van der Waals surface area (Å²) in [5.41, 5.74) is 0. The molecule has 88 valence electrons. The van der Waals surface area contributed by atoms with Gasteiger partial charge in [0.1, 0.15) is 0 Å². The Kier molecular flexibility index (Phi) is 5.09. The van der Waals surface area contributed by atoms with Crippen molar-refractivity contribution in [2.75, 3.05) is 33.2 Å². The van der Waals surface area contributed by atoms with Crippen molar-refractivity contribution < 1.29 is 4.79 Å². The van der Waals surface area contributed by atoms with E-state index in [1.54, 1.807) is 0 Å². The molecule has 0 aliphatic carbocycles. The summed E-state index contributed by atoms with van der Waals surface area (Å²) < 4.78 is 0. The standard InChI is InChI=1S/C12H24N2O/c1-4-5-6-11(2)12(15)14-9-7-13(3)8-10-14/h11H,4-10H2,1-3H3/t11-/m1/s1. The van der Waals surface area contributed by atoms with Crippen LogP contribution in [0.4, 0.5) is 0 Å². The van der Waals surface area contributed by atoms with E-state index in [-0.39, 0.29) is 5.92 Å². The van der Waals surface area contributed by atoms with Gasteiger partial charge in [-0.25, -0.2) is 0 Å². The minimum atomic E-state index is 0.216. The van der Waals surface area contributed by atoms with Gasteiger partial charge in [-0.3, -0.25) is 4.79 Å². The molecule has 0 bridgehead atoms. The molecule has 0 spiro atoms. The third-order valence-electron chi connectivity index (χ3n) is 3.23. The number of hydrogen-bond acceptors (Lipinski definition) is 2. The zero-order valence-corrected chi connectivity index (χ0v) is 10.3. The van der Waals surface area contributed by atoms with Gasteiger partial charge in [-0.2, -0.15) is 0 Å². The average Bonchev–Trinajstić information content (AvgIpc) is 2.26. The van der Waals surface area contributed by atoms with Crippen LogP contribution in [0.25, 0.3) is 0 Å². The van der Waals surface area contributed by atoms with E-state index in [0.29, 0.717) is 5.91 Å². The zero-order chi connectivity index (χ0) is 11.3. The normalized spacial score (nSPS) is 20.3. The number of amides is 1. The van der Waals surface area contributed by atoms with Crippen molar-refractivity contribution in [3.8, 4) is 0 Å². The lowest BCUT2D eigenvalue weighted by Gasteiger charge is -2.34. The molecule has 0 unspecified atom stereocenters. The number of hydrogen-bond donors (Lipinski definition) is 0. The van der Waals surface area contributed by atoms with E-state index in [2.05, 4.69) is 25.8 Å². The van der Waals surface area contributed by atoms with Gasteiger partial charge < -0.3 is 9.80 Å². The Morgan fingerprint density at radius 1 is 1.27 bits per heavy atom. The lowest BCUT2D eigenvalue weighted by atomic mass is 10.0. The molecule has 1 amide bonds. The fourth-order valence-electron chi connectivity index (χ4n) is 1.97. The summed E-state index contributed by atoms with van der Waals surface area (Å²) in [4.78, 5) is 16.3. The lowest BCUT2D eigenvalue weighted by Crippen LogP contribution is -2.48. The van der Waals surface area contributed by atoms with Gasteiger partial charge in [-0.1, -0.05) is 26.7 Å². The minimum absolute atomic E-state index is 0.216. The molecular weight excluding hydrogens is 188 g/mol. The zero-order valence-electron chi connectivity index (χ0n) is 10.3. The molecule has 1 heterocycles. The molecule has 0 aromatic heterocycles. The minimum Gasteiger partial charge on any atom is -0.340 e. The SMILES string of the molecule is CCCC[C@@H](C)C(=O)N1CCN(C)CC1. The van der Waals surface area contributed by atoms with Crippen LogP contribution in [0.3, 0.4) is 0 Å². The van der Waals surface area contributed by atoms with Crippen LogP contribution in [0.15, 0.2) is 0 Å². The van der Waals surface area contributed by atoms with Crippen molar-refractivity contribution in [2.45, 2.75) is 33.1 Å². The van der Waals surface area contributed by atoms with Gasteiger partial charge in [0.05, 0.1) is 0 Å². The van der Waals surface area contributed by atoms with Crippen molar-refractivity contribution >= 4 is 5.91 Å². The van der Waals surface area contributed by atoms with E-state index in [0.717, 1.165) is 32.6 Å². The predicted molar refractivity (Wildman–Crippen MR) is 62.8 cm³/mol. The van der Waals surface area contributed by atoms with Gasteiger partial charge in [0.2, 0.25) is 5.91 Å². The molecule has 1 atom stereocenters. The van der Waals surface area contributed by atoms with Crippen molar-refractivity contribution in [1.29, 1.82) is 0 Å². The van der Waals surface area contributed by atoms with Crippen LogP contribution >= 0.6 is 0 Å². The molecule has 1 aliphatic rings. The highest BCUT2D eigenvalue weighted by molar-refractivity contribution is 5.78. The first-order valence-electron chi connectivity index (χ1n) is 6.12. The van der Waals surface area contributed by atoms with Crippen LogP contribution in [-0.2, 0) is 4.79 Å². The van der Waals surface area contributed by atoms with Crippen molar-refractivity contribution in [3.63, 3.8) is 0 Å². The van der Waals surface area contributed by atoms with E-state index in [1.807, 2.05) is 4.90 Å². The quantitative estimate of drug-likeness (QED) is 0.706. The summed E-state index contributed by atoms with van der Waals surface area (Å²) >= 11 is 0. The Hall–Kier alpha value is -0.570. The summed E-state index contributed by atoms with van der Waals surface area (Å²) in [5, 5.41) is 0. The van der Waals surface area contributed by atoms with Crippen LogP contribution in [0, 0.1) is 5.92 Å². The molecule has 1 rings (SSSR count). The molecule has 15 heavy (non-hydrogen) atoms. The number of nitrogens with zero attached hydrogens (tertiary/aromatic N) is 2. The number of carbonyl (C=O) groups is 1. The van der Waals surface area contributed by atoms with Gasteiger partial charge in [0.15, 0.2) is 0 Å². The van der Waals surface area contributed by atoms with E-state index >= 15 is 0 Å². The molecule has 3 nitrogen and oxygen atoms in total. The smallest absolute Gasteiger partial charge is 0.225 e. The van der Waals surface area contributed by atoms with Crippen LogP contribution in [0.1, 0.15) is 33.1 Å². The summed E-state index contributed by atoms with van der Waals surface area (Å²) in [7, 11) is 2.11. The molecule has 3 heteroatoms. The fourth-order valence-corrected chi connectivity index (χ4v) is 1.97. The number of piperazine rings is 1. The topological polar surface area (TPSA) is 23.6 Å². The van der Waals surface area contributed by atoms with Gasteiger partial charge in [-0.15, -0.1) is 0 Å². The van der Waals surface area contributed by atoms with Crippen LogP contribution in [0.2, 0.25) is 0 Å². The second kappa shape index (κ2) is 6.11. The van der Waals surface area contributed by atoms with Crippen LogP contribution < -0.4 is 0 Å². The summed E-state index contributed by atoms with van der Waals surface area (Å²) in [5.74, 6) is 0.574. The van der Waals surface area contributed by atoms with E-state index in [9.17, 15) is 4.79 Å². The van der Waals surface area contributed by atoms with Crippen LogP contribution in [-0.4, -0.2) is 48.9 Å².